The zero-order valence-corrected chi connectivity index (χ0v) is 22.1. The standard InChI is InChI=1S/C29H26BrNO6/c1-3-5-16-35-21-13-11-20(12-14-21)27-31-24(29(33)37-27)17-19-10-15-25(26(18-19)34-4-2)36-28(32)22-8-6-7-9-23(22)30/h6-15,17-18H,3-5,16H2,1-2H3/b24-17-. The van der Waals surface area contributed by atoms with E-state index in [-0.39, 0.29) is 17.3 Å². The highest BCUT2D eigenvalue weighted by Gasteiger charge is 2.24. The highest BCUT2D eigenvalue weighted by Crippen LogP contribution is 2.31. The second-order valence-electron chi connectivity index (χ2n) is 8.07. The molecule has 0 aliphatic carbocycles. The molecule has 8 heteroatoms. The number of hydrogen-bond acceptors (Lipinski definition) is 7. The van der Waals surface area contributed by atoms with Gasteiger partial charge in [-0.2, -0.15) is 0 Å². The van der Waals surface area contributed by atoms with Crippen LogP contribution >= 0.6 is 15.9 Å². The van der Waals surface area contributed by atoms with Crippen molar-refractivity contribution in [3.05, 3.63) is 93.6 Å². The molecule has 190 valence electrons. The summed E-state index contributed by atoms with van der Waals surface area (Å²) in [5, 5.41) is 0. The quantitative estimate of drug-likeness (QED) is 0.120. The van der Waals surface area contributed by atoms with Gasteiger partial charge in [0, 0.05) is 10.0 Å². The summed E-state index contributed by atoms with van der Waals surface area (Å²) in [6, 6.07) is 19.3. The fourth-order valence-electron chi connectivity index (χ4n) is 3.47. The molecule has 0 saturated carbocycles. The van der Waals surface area contributed by atoms with E-state index in [9.17, 15) is 9.59 Å². The molecule has 0 unspecified atom stereocenters. The Bertz CT molecular complexity index is 1350. The Kier molecular flexibility index (Phi) is 8.74. The second-order valence-corrected chi connectivity index (χ2v) is 8.93. The number of nitrogens with zero attached hydrogens (tertiary/aromatic N) is 1. The summed E-state index contributed by atoms with van der Waals surface area (Å²) >= 11 is 3.36. The SMILES string of the molecule is CCCCOc1ccc(C2=N/C(=C\c3ccc(OC(=O)c4ccccc4Br)c(OCC)c3)C(=O)O2)cc1. The molecule has 1 aliphatic heterocycles. The molecule has 0 bridgehead atoms. The molecule has 3 aromatic rings. The number of rotatable bonds is 10. The number of benzene rings is 3. The highest BCUT2D eigenvalue weighted by molar-refractivity contribution is 9.10. The number of aliphatic imine (C=N–C) groups is 1. The van der Waals surface area contributed by atoms with Crippen molar-refractivity contribution in [3.63, 3.8) is 0 Å². The largest absolute Gasteiger partial charge is 0.494 e. The Morgan fingerprint density at radius 1 is 1.00 bits per heavy atom. The minimum absolute atomic E-state index is 0.152. The van der Waals surface area contributed by atoms with E-state index in [0.29, 0.717) is 40.1 Å². The molecular weight excluding hydrogens is 538 g/mol. The zero-order chi connectivity index (χ0) is 26.2. The number of esters is 2. The van der Waals surface area contributed by atoms with Crippen LogP contribution in [0.2, 0.25) is 0 Å². The first kappa shape index (κ1) is 26.2. The number of halogens is 1. The molecule has 3 aromatic carbocycles. The average Bonchev–Trinajstić information content (AvgIpc) is 3.26. The molecule has 0 saturated heterocycles. The van der Waals surface area contributed by atoms with Crippen molar-refractivity contribution in [3.8, 4) is 17.2 Å². The van der Waals surface area contributed by atoms with E-state index in [1.807, 2.05) is 25.1 Å². The fourth-order valence-corrected chi connectivity index (χ4v) is 3.91. The van der Waals surface area contributed by atoms with E-state index in [0.717, 1.165) is 18.6 Å². The molecule has 0 fully saturated rings. The molecule has 0 aromatic heterocycles. The van der Waals surface area contributed by atoms with Crippen LogP contribution in [0, 0.1) is 0 Å². The van der Waals surface area contributed by atoms with Crippen LogP contribution in [-0.2, 0) is 9.53 Å². The molecule has 37 heavy (non-hydrogen) atoms. The van der Waals surface area contributed by atoms with Crippen molar-refractivity contribution in [1.29, 1.82) is 0 Å². The molecule has 0 radical (unpaired) electrons. The van der Waals surface area contributed by atoms with Crippen LogP contribution in [0.4, 0.5) is 0 Å². The lowest BCUT2D eigenvalue weighted by Gasteiger charge is -2.12. The third-order valence-electron chi connectivity index (χ3n) is 5.36. The number of hydrogen-bond donors (Lipinski definition) is 0. The van der Waals surface area contributed by atoms with Crippen LogP contribution in [0.1, 0.15) is 48.2 Å². The molecule has 0 amide bonds. The number of ether oxygens (including phenoxy) is 4. The third kappa shape index (κ3) is 6.65. The van der Waals surface area contributed by atoms with Gasteiger partial charge in [0.15, 0.2) is 17.2 Å². The molecule has 1 aliphatic rings. The van der Waals surface area contributed by atoms with Crippen LogP contribution < -0.4 is 14.2 Å². The maximum atomic E-state index is 12.6. The van der Waals surface area contributed by atoms with Gasteiger partial charge in [0.05, 0.1) is 18.8 Å². The van der Waals surface area contributed by atoms with Gasteiger partial charge in [-0.05, 0) is 89.4 Å². The van der Waals surface area contributed by atoms with Crippen molar-refractivity contribution in [2.45, 2.75) is 26.7 Å². The van der Waals surface area contributed by atoms with Crippen LogP contribution in [0.5, 0.6) is 17.2 Å². The Morgan fingerprint density at radius 3 is 2.51 bits per heavy atom. The lowest BCUT2D eigenvalue weighted by Crippen LogP contribution is -2.10. The summed E-state index contributed by atoms with van der Waals surface area (Å²) < 4.78 is 23.0. The number of carbonyl (C=O) groups excluding carboxylic acids is 2. The molecular formula is C29H26BrNO6. The van der Waals surface area contributed by atoms with Crippen molar-refractivity contribution < 1.29 is 28.5 Å². The third-order valence-corrected chi connectivity index (χ3v) is 6.05. The highest BCUT2D eigenvalue weighted by atomic mass is 79.9. The molecule has 0 atom stereocenters. The van der Waals surface area contributed by atoms with E-state index in [4.69, 9.17) is 18.9 Å². The Balaban J connectivity index is 1.52. The first-order chi connectivity index (χ1) is 18.0. The normalized spacial score (nSPS) is 13.8. The van der Waals surface area contributed by atoms with Gasteiger partial charge in [0.2, 0.25) is 5.90 Å². The molecule has 7 nitrogen and oxygen atoms in total. The summed E-state index contributed by atoms with van der Waals surface area (Å²) in [6.07, 6.45) is 3.64. The van der Waals surface area contributed by atoms with Gasteiger partial charge in [-0.3, -0.25) is 0 Å². The van der Waals surface area contributed by atoms with Crippen LogP contribution in [0.3, 0.4) is 0 Å². The van der Waals surface area contributed by atoms with Gasteiger partial charge in [0.1, 0.15) is 5.75 Å². The number of unbranched alkanes of at least 4 members (excludes halogenated alkanes) is 1. The molecule has 1 heterocycles. The van der Waals surface area contributed by atoms with E-state index < -0.39 is 11.9 Å². The van der Waals surface area contributed by atoms with E-state index in [2.05, 4.69) is 27.8 Å². The van der Waals surface area contributed by atoms with Gasteiger partial charge in [0.25, 0.3) is 0 Å². The van der Waals surface area contributed by atoms with Crippen LogP contribution in [0.15, 0.2) is 81.9 Å². The Hall–Kier alpha value is -3.91. The number of carbonyl (C=O) groups is 2. The summed E-state index contributed by atoms with van der Waals surface area (Å²) in [7, 11) is 0. The second kappa shape index (κ2) is 12.4. The summed E-state index contributed by atoms with van der Waals surface area (Å²) in [5.74, 6) is 0.536. The molecule has 0 spiro atoms. The van der Waals surface area contributed by atoms with Crippen LogP contribution in [-0.4, -0.2) is 31.1 Å². The van der Waals surface area contributed by atoms with Crippen molar-refractivity contribution >= 4 is 39.8 Å². The maximum absolute atomic E-state index is 12.6. The predicted octanol–water partition coefficient (Wildman–Crippen LogP) is 6.59. The Morgan fingerprint density at radius 2 is 1.78 bits per heavy atom. The zero-order valence-electron chi connectivity index (χ0n) is 20.5. The van der Waals surface area contributed by atoms with Gasteiger partial charge >= 0.3 is 11.9 Å². The molecule has 4 rings (SSSR count). The topological polar surface area (TPSA) is 83.4 Å². The lowest BCUT2D eigenvalue weighted by molar-refractivity contribution is -0.129. The maximum Gasteiger partial charge on any atom is 0.363 e. The van der Waals surface area contributed by atoms with Crippen molar-refractivity contribution in [2.75, 3.05) is 13.2 Å². The average molecular weight is 564 g/mol. The monoisotopic (exact) mass is 563 g/mol. The van der Waals surface area contributed by atoms with Crippen molar-refractivity contribution in [1.82, 2.24) is 0 Å². The van der Waals surface area contributed by atoms with Crippen molar-refractivity contribution in [2.24, 2.45) is 4.99 Å². The molecule has 0 N–H and O–H groups in total. The summed E-state index contributed by atoms with van der Waals surface area (Å²) in [4.78, 5) is 29.5. The Labute approximate surface area is 223 Å². The first-order valence-corrected chi connectivity index (χ1v) is 12.8. The van der Waals surface area contributed by atoms with E-state index in [1.54, 1.807) is 54.6 Å². The van der Waals surface area contributed by atoms with Gasteiger partial charge in [-0.25, -0.2) is 14.6 Å². The lowest BCUT2D eigenvalue weighted by atomic mass is 10.1. The number of cyclic esters (lactones) is 1. The van der Waals surface area contributed by atoms with Crippen LogP contribution in [0.25, 0.3) is 6.08 Å². The first-order valence-electron chi connectivity index (χ1n) is 12.0. The fraction of sp³-hybridized carbons (Fsp3) is 0.207. The predicted molar refractivity (Wildman–Crippen MR) is 144 cm³/mol. The smallest absolute Gasteiger partial charge is 0.363 e. The van der Waals surface area contributed by atoms with Gasteiger partial charge in [-0.15, -0.1) is 0 Å². The summed E-state index contributed by atoms with van der Waals surface area (Å²) in [5.41, 5.74) is 1.86. The minimum atomic E-state index is -0.555. The van der Waals surface area contributed by atoms with E-state index in [1.165, 1.54) is 0 Å². The summed E-state index contributed by atoms with van der Waals surface area (Å²) in [6.45, 7) is 4.96. The van der Waals surface area contributed by atoms with E-state index >= 15 is 0 Å². The van der Waals surface area contributed by atoms with Gasteiger partial charge < -0.3 is 18.9 Å². The minimum Gasteiger partial charge on any atom is -0.494 e. The van der Waals surface area contributed by atoms with Gasteiger partial charge in [-0.1, -0.05) is 31.5 Å².